The Morgan fingerprint density at radius 1 is 1.19 bits per heavy atom. The highest BCUT2D eigenvalue weighted by molar-refractivity contribution is 5.94. The number of aryl methyl sites for hydroxylation is 2. The molecule has 0 bridgehead atoms. The van der Waals surface area contributed by atoms with Gasteiger partial charge < -0.3 is 19.4 Å². The summed E-state index contributed by atoms with van der Waals surface area (Å²) in [5.41, 5.74) is 3.84. The average Bonchev–Trinajstić information content (AvgIpc) is 3.13. The fourth-order valence-corrected chi connectivity index (χ4v) is 3.95. The third-order valence-corrected chi connectivity index (χ3v) is 5.67. The van der Waals surface area contributed by atoms with Crippen molar-refractivity contribution in [2.45, 2.75) is 39.8 Å². The van der Waals surface area contributed by atoms with Gasteiger partial charge in [-0.1, -0.05) is 25.5 Å². The van der Waals surface area contributed by atoms with Crippen LogP contribution >= 0.6 is 0 Å². The standard InChI is InChI=1S/C25H32N4O3/c1-3-4-10-29-23-9-8-20(26-25(30)18-32-21-7-5-6-19(2)15-21)16-22(23)27-24(29)17-28-11-13-31-14-12-28/h5-9,15-16H,3-4,10-14,17-18H2,1-2H3,(H,26,30). The van der Waals surface area contributed by atoms with Crippen LogP contribution in [0.2, 0.25) is 0 Å². The number of fused-ring (bicyclic) bond motifs is 1. The van der Waals surface area contributed by atoms with Gasteiger partial charge in [-0.25, -0.2) is 4.98 Å². The number of amides is 1. The van der Waals surface area contributed by atoms with E-state index in [4.69, 9.17) is 14.5 Å². The molecule has 32 heavy (non-hydrogen) atoms. The molecule has 0 atom stereocenters. The van der Waals surface area contributed by atoms with Crippen molar-refractivity contribution in [3.8, 4) is 5.75 Å². The van der Waals surface area contributed by atoms with Crippen LogP contribution < -0.4 is 10.1 Å². The Hall–Kier alpha value is -2.90. The number of anilines is 1. The van der Waals surface area contributed by atoms with E-state index in [0.717, 1.165) is 80.3 Å². The third kappa shape index (κ3) is 5.66. The van der Waals surface area contributed by atoms with Crippen molar-refractivity contribution in [2.75, 3.05) is 38.2 Å². The Kier molecular flexibility index (Phi) is 7.39. The predicted molar refractivity (Wildman–Crippen MR) is 126 cm³/mol. The number of carbonyl (C=O) groups excluding carboxylic acids is 1. The Morgan fingerprint density at radius 3 is 2.81 bits per heavy atom. The summed E-state index contributed by atoms with van der Waals surface area (Å²) in [5, 5.41) is 2.93. The Labute approximate surface area is 189 Å². The molecule has 1 saturated heterocycles. The van der Waals surface area contributed by atoms with Gasteiger partial charge in [-0.05, 0) is 49.2 Å². The highest BCUT2D eigenvalue weighted by Gasteiger charge is 2.17. The van der Waals surface area contributed by atoms with E-state index in [9.17, 15) is 4.79 Å². The van der Waals surface area contributed by atoms with E-state index >= 15 is 0 Å². The first-order valence-corrected chi connectivity index (χ1v) is 11.4. The number of ether oxygens (including phenoxy) is 2. The lowest BCUT2D eigenvalue weighted by molar-refractivity contribution is -0.118. The van der Waals surface area contributed by atoms with Crippen molar-refractivity contribution in [1.82, 2.24) is 14.5 Å². The molecule has 4 rings (SSSR count). The summed E-state index contributed by atoms with van der Waals surface area (Å²) in [4.78, 5) is 19.7. The topological polar surface area (TPSA) is 68.6 Å². The number of benzene rings is 2. The van der Waals surface area contributed by atoms with Crippen LogP contribution in [0.1, 0.15) is 31.2 Å². The molecular weight excluding hydrogens is 404 g/mol. The lowest BCUT2D eigenvalue weighted by Gasteiger charge is -2.26. The number of unbranched alkanes of at least 4 members (excludes halogenated alkanes) is 1. The van der Waals surface area contributed by atoms with E-state index in [-0.39, 0.29) is 12.5 Å². The summed E-state index contributed by atoms with van der Waals surface area (Å²) in [6.07, 6.45) is 2.24. The first kappa shape index (κ1) is 22.3. The van der Waals surface area contributed by atoms with Crippen molar-refractivity contribution < 1.29 is 14.3 Å². The van der Waals surface area contributed by atoms with Crippen LogP contribution in [0.5, 0.6) is 5.75 Å². The molecule has 170 valence electrons. The van der Waals surface area contributed by atoms with Gasteiger partial charge in [-0.3, -0.25) is 9.69 Å². The minimum absolute atomic E-state index is 0.0330. The number of hydrogen-bond donors (Lipinski definition) is 1. The molecule has 7 nitrogen and oxygen atoms in total. The summed E-state index contributed by atoms with van der Waals surface area (Å²) in [7, 11) is 0. The van der Waals surface area contributed by atoms with Crippen molar-refractivity contribution >= 4 is 22.6 Å². The molecule has 1 aromatic heterocycles. The quantitative estimate of drug-likeness (QED) is 0.549. The zero-order valence-electron chi connectivity index (χ0n) is 19.0. The highest BCUT2D eigenvalue weighted by Crippen LogP contribution is 2.23. The van der Waals surface area contributed by atoms with Crippen LogP contribution in [0.25, 0.3) is 11.0 Å². The molecule has 1 N–H and O–H groups in total. The predicted octanol–water partition coefficient (Wildman–Crippen LogP) is 3.99. The fourth-order valence-electron chi connectivity index (χ4n) is 3.95. The number of carbonyl (C=O) groups is 1. The number of imidazole rings is 1. The maximum Gasteiger partial charge on any atom is 0.262 e. The van der Waals surface area contributed by atoms with Gasteiger partial charge in [0.15, 0.2) is 6.61 Å². The Bertz CT molecular complexity index is 1060. The van der Waals surface area contributed by atoms with Gasteiger partial charge in [-0.15, -0.1) is 0 Å². The SMILES string of the molecule is CCCCn1c(CN2CCOCC2)nc2cc(NC(=O)COc3cccc(C)c3)ccc21. The van der Waals surface area contributed by atoms with Gasteiger partial charge in [0.05, 0.1) is 30.8 Å². The van der Waals surface area contributed by atoms with Crippen molar-refractivity contribution in [3.63, 3.8) is 0 Å². The minimum Gasteiger partial charge on any atom is -0.484 e. The lowest BCUT2D eigenvalue weighted by Crippen LogP contribution is -2.36. The molecule has 0 spiro atoms. The average molecular weight is 437 g/mol. The van der Waals surface area contributed by atoms with Crippen LogP contribution in [0.4, 0.5) is 5.69 Å². The number of nitrogens with one attached hydrogen (secondary N) is 1. The Morgan fingerprint density at radius 2 is 2.03 bits per heavy atom. The second-order valence-corrected chi connectivity index (χ2v) is 8.28. The van der Waals surface area contributed by atoms with Gasteiger partial charge in [0, 0.05) is 25.3 Å². The molecule has 0 radical (unpaired) electrons. The van der Waals surface area contributed by atoms with Crippen LogP contribution in [0.3, 0.4) is 0 Å². The molecule has 1 fully saturated rings. The molecule has 3 aromatic rings. The van der Waals surface area contributed by atoms with Crippen LogP contribution in [0.15, 0.2) is 42.5 Å². The summed E-state index contributed by atoms with van der Waals surface area (Å²) in [6.45, 7) is 9.33. The number of morpholine rings is 1. The van der Waals surface area contributed by atoms with E-state index in [2.05, 4.69) is 27.8 Å². The van der Waals surface area contributed by atoms with Crippen LogP contribution in [-0.2, 0) is 22.6 Å². The van der Waals surface area contributed by atoms with Crippen molar-refractivity contribution in [2.24, 2.45) is 0 Å². The molecule has 1 amide bonds. The lowest BCUT2D eigenvalue weighted by atomic mass is 10.2. The number of nitrogens with zero attached hydrogens (tertiary/aromatic N) is 3. The summed E-state index contributed by atoms with van der Waals surface area (Å²) >= 11 is 0. The van der Waals surface area contributed by atoms with Gasteiger partial charge in [0.1, 0.15) is 11.6 Å². The molecular formula is C25H32N4O3. The maximum absolute atomic E-state index is 12.4. The summed E-state index contributed by atoms with van der Waals surface area (Å²) in [5.74, 6) is 1.57. The number of rotatable bonds is 9. The molecule has 2 aromatic carbocycles. The van der Waals surface area contributed by atoms with Crippen LogP contribution in [0, 0.1) is 6.92 Å². The molecule has 0 saturated carbocycles. The summed E-state index contributed by atoms with van der Waals surface area (Å²) < 4.78 is 13.4. The molecule has 7 heteroatoms. The number of hydrogen-bond acceptors (Lipinski definition) is 5. The molecule has 0 unspecified atom stereocenters. The largest absolute Gasteiger partial charge is 0.484 e. The molecule has 1 aliphatic heterocycles. The van der Waals surface area contributed by atoms with E-state index < -0.39 is 0 Å². The first-order chi connectivity index (χ1) is 15.6. The fraction of sp³-hybridized carbons (Fsp3) is 0.440. The number of aromatic nitrogens is 2. The zero-order chi connectivity index (χ0) is 22.3. The van der Waals surface area contributed by atoms with Crippen molar-refractivity contribution in [3.05, 3.63) is 53.9 Å². The first-order valence-electron chi connectivity index (χ1n) is 11.4. The normalized spacial score (nSPS) is 14.6. The zero-order valence-corrected chi connectivity index (χ0v) is 19.0. The second-order valence-electron chi connectivity index (χ2n) is 8.28. The molecule has 2 heterocycles. The third-order valence-electron chi connectivity index (χ3n) is 5.67. The second kappa shape index (κ2) is 10.6. The molecule has 1 aliphatic rings. The van der Waals surface area contributed by atoms with E-state index in [1.165, 1.54) is 0 Å². The van der Waals surface area contributed by atoms with Gasteiger partial charge in [0.2, 0.25) is 0 Å². The van der Waals surface area contributed by atoms with Crippen molar-refractivity contribution in [1.29, 1.82) is 0 Å². The maximum atomic E-state index is 12.4. The highest BCUT2D eigenvalue weighted by atomic mass is 16.5. The Balaban J connectivity index is 1.46. The van der Waals surface area contributed by atoms with Gasteiger partial charge in [-0.2, -0.15) is 0 Å². The minimum atomic E-state index is -0.190. The van der Waals surface area contributed by atoms with Gasteiger partial charge >= 0.3 is 0 Å². The smallest absolute Gasteiger partial charge is 0.262 e. The van der Waals surface area contributed by atoms with Crippen LogP contribution in [-0.4, -0.2) is 53.3 Å². The van der Waals surface area contributed by atoms with E-state index in [0.29, 0.717) is 5.75 Å². The van der Waals surface area contributed by atoms with E-state index in [1.807, 2.05) is 43.3 Å². The van der Waals surface area contributed by atoms with Gasteiger partial charge in [0.25, 0.3) is 5.91 Å². The molecule has 0 aliphatic carbocycles. The monoisotopic (exact) mass is 436 g/mol. The summed E-state index contributed by atoms with van der Waals surface area (Å²) in [6, 6.07) is 13.6. The van der Waals surface area contributed by atoms with E-state index in [1.54, 1.807) is 0 Å².